The summed E-state index contributed by atoms with van der Waals surface area (Å²) in [6.45, 7) is 0.465. The van der Waals surface area contributed by atoms with Crippen LogP contribution in [0.4, 0.5) is 0 Å². The van der Waals surface area contributed by atoms with Crippen LogP contribution < -0.4 is 5.73 Å². The number of hydrogen-bond donors (Lipinski definition) is 2. The molecule has 0 saturated heterocycles. The summed E-state index contributed by atoms with van der Waals surface area (Å²) in [5, 5.41) is 7.99. The Morgan fingerprint density at radius 2 is 1.89 bits per heavy atom. The Hall–Kier alpha value is 0.469. The van der Waals surface area contributed by atoms with Crippen LogP contribution in [0.2, 0.25) is 0 Å². The first-order chi connectivity index (χ1) is 3.27. The molecule has 0 amide bonds. The van der Waals surface area contributed by atoms with Gasteiger partial charge in [-0.05, 0) is 13.0 Å². The van der Waals surface area contributed by atoms with Crippen LogP contribution in [0.25, 0.3) is 0 Å². The maximum atomic E-state index is 9.70. The predicted molar refractivity (Wildman–Crippen MR) is 25.9 cm³/mol. The zero-order valence-corrected chi connectivity index (χ0v) is 6.97. The Bertz CT molecular complexity index is 69.6. The summed E-state index contributed by atoms with van der Waals surface area (Å²) in [4.78, 5) is 9.70. The molecule has 0 aromatic carbocycles. The zero-order valence-electron chi connectivity index (χ0n) is 4.76. The molecule has 0 aliphatic heterocycles. The van der Waals surface area contributed by atoms with Gasteiger partial charge in [0.1, 0.15) is 0 Å². The maximum absolute atomic E-state index is 9.70. The summed E-state index contributed by atoms with van der Waals surface area (Å²) in [5.74, 6) is -0.773. The van der Waals surface area contributed by atoms with Gasteiger partial charge in [-0.15, -0.1) is 0 Å². The maximum Gasteiger partial charge on any atom is 0.303 e. The van der Waals surface area contributed by atoms with Gasteiger partial charge < -0.3 is 10.8 Å². The van der Waals surface area contributed by atoms with E-state index in [0.717, 1.165) is 0 Å². The van der Waals surface area contributed by atoms with Crippen LogP contribution in [0.3, 0.4) is 0 Å². The number of carboxylic acids is 1. The smallest absolute Gasteiger partial charge is 0.303 e. The SMILES string of the molecule is NCCCC(=O)O.[Fe].[Fe]. The Morgan fingerprint density at radius 3 is 2.00 bits per heavy atom. The van der Waals surface area contributed by atoms with Gasteiger partial charge in [0.25, 0.3) is 0 Å². The third-order valence-corrected chi connectivity index (χ3v) is 0.595. The number of aliphatic carboxylic acids is 1. The first kappa shape index (κ1) is 16.2. The molecule has 0 atom stereocenters. The van der Waals surface area contributed by atoms with Gasteiger partial charge in [0.05, 0.1) is 0 Å². The fraction of sp³-hybridized carbons (Fsp3) is 0.750. The molecule has 0 spiro atoms. The second-order valence-corrected chi connectivity index (χ2v) is 1.29. The van der Waals surface area contributed by atoms with Gasteiger partial charge >= 0.3 is 5.97 Å². The Labute approximate surface area is 75.3 Å². The average Bonchev–Trinajstić information content (AvgIpc) is 1.61. The van der Waals surface area contributed by atoms with Crippen LogP contribution in [0, 0.1) is 0 Å². The molecule has 0 aromatic rings. The van der Waals surface area contributed by atoms with E-state index in [1.165, 1.54) is 0 Å². The summed E-state index contributed by atoms with van der Waals surface area (Å²) in [5.41, 5.74) is 5.01. The van der Waals surface area contributed by atoms with Crippen molar-refractivity contribution in [3.8, 4) is 0 Å². The van der Waals surface area contributed by atoms with Crippen LogP contribution in [0.5, 0.6) is 0 Å². The van der Waals surface area contributed by atoms with Crippen molar-refractivity contribution in [1.82, 2.24) is 0 Å². The Balaban J connectivity index is -0.000000180. The largest absolute Gasteiger partial charge is 0.481 e. The van der Waals surface area contributed by atoms with Crippen LogP contribution in [0.1, 0.15) is 12.8 Å². The van der Waals surface area contributed by atoms with Crippen molar-refractivity contribution in [2.75, 3.05) is 6.54 Å². The third kappa shape index (κ3) is 17.7. The monoisotopic (exact) mass is 215 g/mol. The van der Waals surface area contributed by atoms with E-state index in [1.807, 2.05) is 0 Å². The van der Waals surface area contributed by atoms with E-state index in [2.05, 4.69) is 0 Å². The summed E-state index contributed by atoms with van der Waals surface area (Å²) in [6.07, 6.45) is 0.770. The molecular weight excluding hydrogens is 206 g/mol. The fourth-order valence-corrected chi connectivity index (χ4v) is 0.253. The van der Waals surface area contributed by atoms with Crippen molar-refractivity contribution in [2.24, 2.45) is 5.73 Å². The van der Waals surface area contributed by atoms with E-state index in [0.29, 0.717) is 13.0 Å². The Morgan fingerprint density at radius 1 is 1.44 bits per heavy atom. The number of carboxylic acid groups (broad SMARTS) is 1. The third-order valence-electron chi connectivity index (χ3n) is 0.595. The molecule has 0 aliphatic rings. The fourth-order valence-electron chi connectivity index (χ4n) is 0.253. The van der Waals surface area contributed by atoms with Crippen molar-refractivity contribution in [1.29, 1.82) is 0 Å². The number of rotatable bonds is 3. The van der Waals surface area contributed by atoms with Crippen molar-refractivity contribution in [3.05, 3.63) is 0 Å². The summed E-state index contributed by atoms with van der Waals surface area (Å²) in [6, 6.07) is 0. The van der Waals surface area contributed by atoms with E-state index in [1.54, 1.807) is 0 Å². The van der Waals surface area contributed by atoms with Crippen LogP contribution >= 0.6 is 0 Å². The van der Waals surface area contributed by atoms with Gasteiger partial charge in [0, 0.05) is 40.6 Å². The van der Waals surface area contributed by atoms with Crippen LogP contribution in [-0.2, 0) is 38.9 Å². The molecule has 3 nitrogen and oxygen atoms in total. The average molecular weight is 215 g/mol. The molecule has 0 aromatic heterocycles. The minimum atomic E-state index is -0.773. The van der Waals surface area contributed by atoms with Crippen molar-refractivity contribution >= 4 is 5.97 Å². The summed E-state index contributed by atoms with van der Waals surface area (Å²) >= 11 is 0. The molecule has 0 unspecified atom stereocenters. The van der Waals surface area contributed by atoms with Gasteiger partial charge in [-0.25, -0.2) is 0 Å². The standard InChI is InChI=1S/C4H9NO2.2Fe/c5-3-1-2-4(6)7;;/h1-3,5H2,(H,6,7);;. The molecule has 0 saturated carbocycles. The molecule has 0 bridgehead atoms. The van der Waals surface area contributed by atoms with E-state index < -0.39 is 5.97 Å². The predicted octanol–water partition coefficient (Wildman–Crippen LogP) is -0.195. The van der Waals surface area contributed by atoms with E-state index >= 15 is 0 Å². The van der Waals surface area contributed by atoms with E-state index in [9.17, 15) is 4.79 Å². The van der Waals surface area contributed by atoms with Gasteiger partial charge in [0.15, 0.2) is 0 Å². The molecule has 0 radical (unpaired) electrons. The van der Waals surface area contributed by atoms with Gasteiger partial charge in [-0.2, -0.15) is 0 Å². The van der Waals surface area contributed by atoms with Crippen LogP contribution in [0.15, 0.2) is 0 Å². The van der Waals surface area contributed by atoms with Gasteiger partial charge in [0.2, 0.25) is 0 Å². The summed E-state index contributed by atoms with van der Waals surface area (Å²) in [7, 11) is 0. The van der Waals surface area contributed by atoms with Crippen LogP contribution in [-0.4, -0.2) is 17.6 Å². The summed E-state index contributed by atoms with van der Waals surface area (Å²) < 4.78 is 0. The Kier molecular flexibility index (Phi) is 20.4. The zero-order chi connectivity index (χ0) is 5.70. The molecule has 3 N–H and O–H groups in total. The second kappa shape index (κ2) is 11.3. The van der Waals surface area contributed by atoms with Gasteiger partial charge in [-0.1, -0.05) is 0 Å². The minimum absolute atomic E-state index is 0. The first-order valence-electron chi connectivity index (χ1n) is 2.19. The van der Waals surface area contributed by atoms with Crippen molar-refractivity contribution < 1.29 is 44.0 Å². The molecule has 9 heavy (non-hydrogen) atoms. The molecule has 5 heteroatoms. The van der Waals surface area contributed by atoms with E-state index in [4.69, 9.17) is 10.8 Å². The van der Waals surface area contributed by atoms with Gasteiger partial charge in [-0.3, -0.25) is 4.79 Å². The molecule has 0 fully saturated rings. The number of hydrogen-bond acceptors (Lipinski definition) is 2. The van der Waals surface area contributed by atoms with E-state index in [-0.39, 0.29) is 40.6 Å². The number of nitrogens with two attached hydrogens (primary N) is 1. The second-order valence-electron chi connectivity index (χ2n) is 1.29. The molecule has 0 rings (SSSR count). The first-order valence-corrected chi connectivity index (χ1v) is 2.19. The van der Waals surface area contributed by atoms with Crippen molar-refractivity contribution in [3.63, 3.8) is 0 Å². The molecular formula is C4H9Fe2NO2. The molecule has 0 heterocycles. The van der Waals surface area contributed by atoms with Crippen molar-refractivity contribution in [2.45, 2.75) is 12.8 Å². The minimum Gasteiger partial charge on any atom is -0.481 e. The topological polar surface area (TPSA) is 63.3 Å². The quantitative estimate of drug-likeness (QED) is 0.640. The molecule has 58 valence electrons. The molecule has 0 aliphatic carbocycles. The number of carbonyl (C=O) groups is 1. The normalized spacial score (nSPS) is 6.78.